The minimum absolute atomic E-state index is 0.0226. The van der Waals surface area contributed by atoms with Crippen LogP contribution in [0.5, 0.6) is 0 Å². The van der Waals surface area contributed by atoms with Crippen LogP contribution >= 0.6 is 11.8 Å². The molecule has 1 aromatic carbocycles. The van der Waals surface area contributed by atoms with Gasteiger partial charge in [-0.1, -0.05) is 18.2 Å². The number of hydrogen-bond donors (Lipinski definition) is 1. The standard InChI is InChI=1S/C18H25NO3S/c1-15(20)19-13-17(14-23-16-6-3-2-4-7-16)8-5-9-18(12-17)21-10-11-22-18/h2-4,6-7H,5,8-14H2,1H3,(H,19,20)/t17-/m0/s1. The number of nitrogens with one attached hydrogen (secondary N) is 1. The predicted molar refractivity (Wildman–Crippen MR) is 91.4 cm³/mol. The van der Waals surface area contributed by atoms with Gasteiger partial charge in [0, 0.05) is 42.4 Å². The number of ether oxygens (including phenoxy) is 2. The zero-order valence-electron chi connectivity index (χ0n) is 13.7. The molecule has 23 heavy (non-hydrogen) atoms. The van der Waals surface area contributed by atoms with Crippen molar-refractivity contribution in [3.63, 3.8) is 0 Å². The van der Waals surface area contributed by atoms with Gasteiger partial charge in [-0.25, -0.2) is 0 Å². The molecule has 2 aliphatic rings. The lowest BCUT2D eigenvalue weighted by Gasteiger charge is -2.45. The van der Waals surface area contributed by atoms with E-state index < -0.39 is 5.79 Å². The first-order chi connectivity index (χ1) is 11.1. The maximum atomic E-state index is 11.4. The molecule has 1 saturated heterocycles. The molecule has 1 aromatic rings. The summed E-state index contributed by atoms with van der Waals surface area (Å²) in [5.41, 5.74) is 0.0226. The number of carbonyl (C=O) groups excluding carboxylic acids is 1. The summed E-state index contributed by atoms with van der Waals surface area (Å²) in [6, 6.07) is 10.4. The summed E-state index contributed by atoms with van der Waals surface area (Å²) in [4.78, 5) is 12.7. The summed E-state index contributed by atoms with van der Waals surface area (Å²) < 4.78 is 11.9. The number of rotatable bonds is 5. The van der Waals surface area contributed by atoms with Gasteiger partial charge in [-0.2, -0.15) is 0 Å². The summed E-state index contributed by atoms with van der Waals surface area (Å²) in [5.74, 6) is 0.571. The Kier molecular flexibility index (Phi) is 5.29. The van der Waals surface area contributed by atoms with E-state index in [1.165, 1.54) is 4.90 Å². The summed E-state index contributed by atoms with van der Waals surface area (Å²) >= 11 is 1.86. The number of thioether (sulfide) groups is 1. The molecule has 1 atom stereocenters. The Balaban J connectivity index is 1.72. The van der Waals surface area contributed by atoms with Crippen LogP contribution < -0.4 is 5.32 Å². The largest absolute Gasteiger partial charge is 0.356 e. The van der Waals surface area contributed by atoms with E-state index in [4.69, 9.17) is 9.47 Å². The van der Waals surface area contributed by atoms with Crippen LogP contribution in [0.25, 0.3) is 0 Å². The van der Waals surface area contributed by atoms with Gasteiger partial charge in [0.05, 0.1) is 13.2 Å². The highest BCUT2D eigenvalue weighted by Crippen LogP contribution is 2.47. The minimum Gasteiger partial charge on any atom is -0.356 e. The topological polar surface area (TPSA) is 47.6 Å². The van der Waals surface area contributed by atoms with E-state index in [9.17, 15) is 4.79 Å². The Labute approximate surface area is 142 Å². The first-order valence-corrected chi connectivity index (χ1v) is 9.30. The molecule has 1 aliphatic carbocycles. The highest BCUT2D eigenvalue weighted by Gasteiger charge is 2.48. The second-order valence-electron chi connectivity index (χ2n) is 6.65. The summed E-state index contributed by atoms with van der Waals surface area (Å²) in [6.45, 7) is 3.64. The van der Waals surface area contributed by atoms with Crippen LogP contribution in [0.1, 0.15) is 32.6 Å². The number of benzene rings is 1. The molecule has 0 unspecified atom stereocenters. The fourth-order valence-electron chi connectivity index (χ4n) is 3.61. The average Bonchev–Trinajstić information content (AvgIpc) is 3.00. The molecule has 126 valence electrons. The third-order valence-corrected chi connectivity index (χ3v) is 6.09. The van der Waals surface area contributed by atoms with Crippen molar-refractivity contribution < 1.29 is 14.3 Å². The third kappa shape index (κ3) is 4.28. The number of carbonyl (C=O) groups is 1. The van der Waals surface area contributed by atoms with Crippen molar-refractivity contribution in [1.82, 2.24) is 5.32 Å². The monoisotopic (exact) mass is 335 g/mol. The molecule has 1 heterocycles. The molecule has 1 N–H and O–H groups in total. The number of amides is 1. The van der Waals surface area contributed by atoms with Crippen LogP contribution in [-0.4, -0.2) is 37.2 Å². The lowest BCUT2D eigenvalue weighted by Crippen LogP contribution is -2.49. The van der Waals surface area contributed by atoms with E-state index in [1.54, 1.807) is 6.92 Å². The Morgan fingerprint density at radius 2 is 1.96 bits per heavy atom. The summed E-state index contributed by atoms with van der Waals surface area (Å²) in [7, 11) is 0. The van der Waals surface area contributed by atoms with Crippen molar-refractivity contribution in [2.75, 3.05) is 25.5 Å². The van der Waals surface area contributed by atoms with Crippen LogP contribution in [0.2, 0.25) is 0 Å². The molecule has 1 saturated carbocycles. The van der Waals surface area contributed by atoms with Crippen molar-refractivity contribution in [2.45, 2.75) is 43.3 Å². The molecule has 0 radical (unpaired) electrons. The van der Waals surface area contributed by atoms with Gasteiger partial charge in [-0.3, -0.25) is 4.79 Å². The molecule has 2 fully saturated rings. The van der Waals surface area contributed by atoms with E-state index in [2.05, 4.69) is 29.6 Å². The molecule has 5 heteroatoms. The van der Waals surface area contributed by atoms with Crippen molar-refractivity contribution in [2.24, 2.45) is 5.41 Å². The average molecular weight is 335 g/mol. The van der Waals surface area contributed by atoms with Crippen molar-refractivity contribution in [3.05, 3.63) is 30.3 Å². The molecule has 1 spiro atoms. The molecule has 0 aromatic heterocycles. The predicted octanol–water partition coefficient (Wildman–Crippen LogP) is 3.22. The van der Waals surface area contributed by atoms with E-state index in [0.717, 1.165) is 31.4 Å². The summed E-state index contributed by atoms with van der Waals surface area (Å²) in [5, 5.41) is 3.04. The van der Waals surface area contributed by atoms with Gasteiger partial charge in [0.25, 0.3) is 0 Å². The molecular weight excluding hydrogens is 310 g/mol. The Morgan fingerprint density at radius 3 is 2.65 bits per heavy atom. The van der Waals surface area contributed by atoms with Gasteiger partial charge in [0.1, 0.15) is 0 Å². The molecular formula is C18H25NO3S. The SMILES string of the molecule is CC(=O)NC[C@]1(CSc2ccccc2)CCCC2(C1)OCCO2. The molecule has 0 bridgehead atoms. The van der Waals surface area contributed by atoms with Crippen LogP contribution in [-0.2, 0) is 14.3 Å². The lowest BCUT2D eigenvalue weighted by molar-refractivity contribution is -0.198. The maximum Gasteiger partial charge on any atom is 0.216 e. The number of hydrogen-bond acceptors (Lipinski definition) is 4. The fraction of sp³-hybridized carbons (Fsp3) is 0.611. The second kappa shape index (κ2) is 7.24. The van der Waals surface area contributed by atoms with E-state index in [-0.39, 0.29) is 11.3 Å². The normalized spacial score (nSPS) is 26.3. The Bertz CT molecular complexity index is 530. The molecule has 4 nitrogen and oxygen atoms in total. The third-order valence-electron chi connectivity index (χ3n) is 4.72. The van der Waals surface area contributed by atoms with Crippen LogP contribution in [0.4, 0.5) is 0 Å². The van der Waals surface area contributed by atoms with Gasteiger partial charge >= 0.3 is 0 Å². The smallest absolute Gasteiger partial charge is 0.216 e. The van der Waals surface area contributed by atoms with Crippen LogP contribution in [0.3, 0.4) is 0 Å². The van der Waals surface area contributed by atoms with Gasteiger partial charge < -0.3 is 14.8 Å². The maximum absolute atomic E-state index is 11.4. The molecule has 1 aliphatic heterocycles. The Morgan fingerprint density at radius 1 is 1.22 bits per heavy atom. The first kappa shape index (κ1) is 16.8. The van der Waals surface area contributed by atoms with Crippen LogP contribution in [0.15, 0.2) is 35.2 Å². The van der Waals surface area contributed by atoms with E-state index >= 15 is 0 Å². The fourth-order valence-corrected chi connectivity index (χ4v) is 4.79. The van der Waals surface area contributed by atoms with Crippen molar-refractivity contribution >= 4 is 17.7 Å². The van der Waals surface area contributed by atoms with Gasteiger partial charge in [-0.05, 0) is 25.0 Å². The highest BCUT2D eigenvalue weighted by atomic mass is 32.2. The van der Waals surface area contributed by atoms with Gasteiger partial charge in [-0.15, -0.1) is 11.8 Å². The molecule has 1 amide bonds. The zero-order valence-corrected chi connectivity index (χ0v) is 14.5. The van der Waals surface area contributed by atoms with Crippen molar-refractivity contribution in [3.8, 4) is 0 Å². The first-order valence-electron chi connectivity index (χ1n) is 8.32. The van der Waals surface area contributed by atoms with Crippen molar-refractivity contribution in [1.29, 1.82) is 0 Å². The van der Waals surface area contributed by atoms with E-state index in [0.29, 0.717) is 19.8 Å². The quantitative estimate of drug-likeness (QED) is 0.840. The second-order valence-corrected chi connectivity index (χ2v) is 7.70. The molecule has 3 rings (SSSR count). The van der Waals surface area contributed by atoms with Gasteiger partial charge in [0.2, 0.25) is 5.91 Å². The van der Waals surface area contributed by atoms with E-state index in [1.807, 2.05) is 17.8 Å². The zero-order chi connectivity index (χ0) is 16.2. The Hall–Kier alpha value is -1.04. The minimum atomic E-state index is -0.423. The van der Waals surface area contributed by atoms with Gasteiger partial charge in [0.15, 0.2) is 5.79 Å². The van der Waals surface area contributed by atoms with Crippen LogP contribution in [0, 0.1) is 5.41 Å². The summed E-state index contributed by atoms with van der Waals surface area (Å²) in [6.07, 6.45) is 4.00. The lowest BCUT2D eigenvalue weighted by atomic mass is 9.72. The highest BCUT2D eigenvalue weighted by molar-refractivity contribution is 7.99.